The van der Waals surface area contributed by atoms with Crippen LogP contribution in [0.15, 0.2) is 95.1 Å². The molecule has 0 amide bonds. The van der Waals surface area contributed by atoms with Gasteiger partial charge in [-0.2, -0.15) is 0 Å². The Kier molecular flexibility index (Phi) is 4.79. The van der Waals surface area contributed by atoms with Gasteiger partial charge in [0.2, 0.25) is 0 Å². The highest BCUT2D eigenvalue weighted by Crippen LogP contribution is 2.56. The highest BCUT2D eigenvalue weighted by molar-refractivity contribution is 8.02. The first-order valence-electron chi connectivity index (χ1n) is 10.0. The molecule has 0 saturated heterocycles. The van der Waals surface area contributed by atoms with Crippen molar-refractivity contribution in [1.29, 1.82) is 0 Å². The summed E-state index contributed by atoms with van der Waals surface area (Å²) in [6.07, 6.45) is 6.47. The van der Waals surface area contributed by atoms with E-state index in [-0.39, 0.29) is 5.92 Å². The number of benzene rings is 2. The van der Waals surface area contributed by atoms with E-state index in [1.54, 1.807) is 0 Å². The Labute approximate surface area is 174 Å². The number of allylic oxidation sites excluding steroid dienone is 7. The Morgan fingerprint density at radius 2 is 1.62 bits per heavy atom. The van der Waals surface area contributed by atoms with E-state index in [2.05, 4.69) is 61.5 Å². The fourth-order valence-electron chi connectivity index (χ4n) is 4.70. The molecule has 0 atom stereocenters. The molecule has 3 heteroatoms. The number of thioether (sulfide) groups is 1. The summed E-state index contributed by atoms with van der Waals surface area (Å²) in [5, 5.41) is 1.26. The van der Waals surface area contributed by atoms with Crippen molar-refractivity contribution in [3.8, 4) is 11.1 Å². The van der Waals surface area contributed by atoms with Crippen LogP contribution in [0.2, 0.25) is 0 Å². The molecule has 0 fully saturated rings. The standard InChI is InChI=1S/C26H21F2S/c1-2-29-26(22-13-7-12-18(22)21-14-15-23(27)25(21)28)24-19-10-5-3-8-16(19)17-9-4-6-11-20(17)24/h3-12,15,24H,2,13-14H2,1H3. The molecule has 2 aromatic carbocycles. The average Bonchev–Trinajstić information content (AvgIpc) is 3.43. The molecule has 145 valence electrons. The highest BCUT2D eigenvalue weighted by Gasteiger charge is 2.38. The predicted molar refractivity (Wildman–Crippen MR) is 118 cm³/mol. The lowest BCUT2D eigenvalue weighted by atomic mass is 9.86. The van der Waals surface area contributed by atoms with Crippen LogP contribution in [0.1, 0.15) is 36.8 Å². The summed E-state index contributed by atoms with van der Waals surface area (Å²) in [6, 6.07) is 17.1. The van der Waals surface area contributed by atoms with Crippen molar-refractivity contribution < 1.29 is 8.78 Å². The van der Waals surface area contributed by atoms with Crippen LogP contribution in [0, 0.1) is 5.25 Å². The molecule has 3 aliphatic carbocycles. The van der Waals surface area contributed by atoms with Crippen molar-refractivity contribution in [3.05, 3.63) is 112 Å². The van der Waals surface area contributed by atoms with Crippen molar-refractivity contribution in [2.24, 2.45) is 0 Å². The SMILES string of the molecule is CCS[C](C1=C(C2=C(F)C(F)=CC2)C=CC1)C1c2ccccc2-c2ccccc21. The molecular weight excluding hydrogens is 382 g/mol. The number of rotatable bonds is 5. The van der Waals surface area contributed by atoms with Crippen molar-refractivity contribution in [3.63, 3.8) is 0 Å². The minimum atomic E-state index is -0.728. The molecular formula is C26H21F2S. The smallest absolute Gasteiger partial charge is 0.162 e. The summed E-state index contributed by atoms with van der Waals surface area (Å²) in [5.41, 5.74) is 7.64. The third-order valence-corrected chi connectivity index (χ3v) is 6.99. The minimum Gasteiger partial charge on any atom is -0.204 e. The summed E-state index contributed by atoms with van der Waals surface area (Å²) in [7, 11) is 0. The molecule has 1 radical (unpaired) electrons. The molecule has 0 nitrogen and oxygen atoms in total. The van der Waals surface area contributed by atoms with Gasteiger partial charge in [0.25, 0.3) is 0 Å². The van der Waals surface area contributed by atoms with E-state index in [1.165, 1.54) is 33.6 Å². The normalized spacial score (nSPS) is 18.1. The van der Waals surface area contributed by atoms with Crippen LogP contribution in [0.5, 0.6) is 0 Å². The van der Waals surface area contributed by atoms with Crippen LogP contribution in [0.3, 0.4) is 0 Å². The van der Waals surface area contributed by atoms with Gasteiger partial charge in [-0.25, -0.2) is 8.78 Å². The zero-order valence-corrected chi connectivity index (χ0v) is 17.0. The van der Waals surface area contributed by atoms with Crippen LogP contribution in [-0.4, -0.2) is 5.75 Å². The highest BCUT2D eigenvalue weighted by atomic mass is 32.2. The lowest BCUT2D eigenvalue weighted by molar-refractivity contribution is 0.547. The summed E-state index contributed by atoms with van der Waals surface area (Å²) in [4.78, 5) is 0. The van der Waals surface area contributed by atoms with Gasteiger partial charge in [-0.3, -0.25) is 0 Å². The van der Waals surface area contributed by atoms with E-state index in [1.807, 2.05) is 17.8 Å². The van der Waals surface area contributed by atoms with E-state index in [9.17, 15) is 8.78 Å². The van der Waals surface area contributed by atoms with Crippen LogP contribution in [0.25, 0.3) is 11.1 Å². The summed E-state index contributed by atoms with van der Waals surface area (Å²) in [5.74, 6) is -0.355. The third kappa shape index (κ3) is 2.95. The molecule has 0 N–H and O–H groups in total. The second-order valence-electron chi connectivity index (χ2n) is 7.45. The van der Waals surface area contributed by atoms with Gasteiger partial charge in [-0.15, -0.1) is 11.8 Å². The number of fused-ring (bicyclic) bond motifs is 3. The average molecular weight is 404 g/mol. The van der Waals surface area contributed by atoms with Crippen molar-refractivity contribution in [1.82, 2.24) is 0 Å². The van der Waals surface area contributed by atoms with Crippen molar-refractivity contribution in [2.75, 3.05) is 5.75 Å². The maximum atomic E-state index is 14.5. The van der Waals surface area contributed by atoms with Gasteiger partial charge in [0.1, 0.15) is 0 Å². The Morgan fingerprint density at radius 1 is 0.966 bits per heavy atom. The molecule has 0 bridgehead atoms. The van der Waals surface area contributed by atoms with Gasteiger partial charge in [0.05, 0.1) is 5.25 Å². The van der Waals surface area contributed by atoms with Crippen LogP contribution in [0.4, 0.5) is 8.78 Å². The van der Waals surface area contributed by atoms with Gasteiger partial charge in [0.15, 0.2) is 11.7 Å². The van der Waals surface area contributed by atoms with Crippen molar-refractivity contribution >= 4 is 11.8 Å². The molecule has 5 rings (SSSR count). The van der Waals surface area contributed by atoms with Gasteiger partial charge >= 0.3 is 0 Å². The molecule has 3 aliphatic rings. The first kappa shape index (κ1) is 18.6. The van der Waals surface area contributed by atoms with Crippen LogP contribution >= 0.6 is 11.8 Å². The maximum Gasteiger partial charge on any atom is 0.162 e. The molecule has 29 heavy (non-hydrogen) atoms. The number of hydrogen-bond acceptors (Lipinski definition) is 1. The van der Waals surface area contributed by atoms with E-state index in [4.69, 9.17) is 0 Å². The van der Waals surface area contributed by atoms with Gasteiger partial charge in [0, 0.05) is 11.5 Å². The second kappa shape index (κ2) is 7.46. The summed E-state index contributed by atoms with van der Waals surface area (Å²) in [6.45, 7) is 2.15. The maximum absolute atomic E-state index is 14.5. The lowest BCUT2D eigenvalue weighted by Gasteiger charge is -2.27. The van der Waals surface area contributed by atoms with Gasteiger partial charge in [-0.05, 0) is 58.1 Å². The van der Waals surface area contributed by atoms with Crippen LogP contribution < -0.4 is 0 Å². The Balaban J connectivity index is 1.66. The van der Waals surface area contributed by atoms with Crippen molar-refractivity contribution in [2.45, 2.75) is 25.7 Å². The van der Waals surface area contributed by atoms with E-state index >= 15 is 0 Å². The lowest BCUT2D eigenvalue weighted by Crippen LogP contribution is -2.11. The van der Waals surface area contributed by atoms with Gasteiger partial charge in [-0.1, -0.05) is 67.6 Å². The first-order valence-corrected chi connectivity index (χ1v) is 11.0. The molecule has 0 aromatic heterocycles. The monoisotopic (exact) mass is 403 g/mol. The zero-order valence-electron chi connectivity index (χ0n) is 16.2. The van der Waals surface area contributed by atoms with E-state index in [0.717, 1.165) is 23.3 Å². The molecule has 0 aliphatic heterocycles. The van der Waals surface area contributed by atoms with Crippen LogP contribution in [-0.2, 0) is 0 Å². The number of hydrogen-bond donors (Lipinski definition) is 0. The zero-order chi connectivity index (χ0) is 20.0. The predicted octanol–water partition coefficient (Wildman–Crippen LogP) is 7.82. The molecule has 0 saturated carbocycles. The Hall–Kier alpha value is -2.39. The summed E-state index contributed by atoms with van der Waals surface area (Å²) < 4.78 is 28.2. The number of halogens is 2. The quantitative estimate of drug-likeness (QED) is 0.490. The first-order chi connectivity index (χ1) is 14.2. The largest absolute Gasteiger partial charge is 0.204 e. The fraction of sp³-hybridized carbons (Fsp3) is 0.192. The topological polar surface area (TPSA) is 0 Å². The molecule has 0 spiro atoms. The summed E-state index contributed by atoms with van der Waals surface area (Å²) >= 11 is 1.83. The third-order valence-electron chi connectivity index (χ3n) is 5.91. The fourth-order valence-corrected chi connectivity index (χ4v) is 5.80. The molecule has 2 aromatic rings. The van der Waals surface area contributed by atoms with Gasteiger partial charge < -0.3 is 0 Å². The van der Waals surface area contributed by atoms with E-state index in [0.29, 0.717) is 12.0 Å². The minimum absolute atomic E-state index is 0.139. The Bertz CT molecular complexity index is 1060. The second-order valence-corrected chi connectivity index (χ2v) is 8.76. The molecule has 0 unspecified atom stereocenters. The van der Waals surface area contributed by atoms with E-state index < -0.39 is 11.7 Å². The Morgan fingerprint density at radius 3 is 2.21 bits per heavy atom. The molecule has 0 heterocycles.